The third-order valence-electron chi connectivity index (χ3n) is 3.77. The van der Waals surface area contributed by atoms with Crippen molar-refractivity contribution in [3.8, 4) is 11.5 Å². The van der Waals surface area contributed by atoms with Crippen molar-refractivity contribution in [1.82, 2.24) is 9.21 Å². The molecule has 0 radical (unpaired) electrons. The Labute approximate surface area is 123 Å². The number of fused-ring (bicyclic) bond motifs is 1. The minimum absolute atomic E-state index is 0.0855. The lowest BCUT2D eigenvalue weighted by atomic mass is 10.2. The molecule has 0 spiro atoms. The van der Waals surface area contributed by atoms with Crippen molar-refractivity contribution in [1.29, 1.82) is 0 Å². The van der Waals surface area contributed by atoms with Crippen LogP contribution in [0.1, 0.15) is 6.92 Å². The maximum atomic E-state index is 12.7. The molecular formula is C13H16N2O5S. The highest BCUT2D eigenvalue weighted by atomic mass is 32.2. The van der Waals surface area contributed by atoms with Gasteiger partial charge < -0.3 is 14.4 Å². The van der Waals surface area contributed by atoms with Gasteiger partial charge in [0, 0.05) is 26.2 Å². The summed E-state index contributed by atoms with van der Waals surface area (Å²) in [5.41, 5.74) is 0. The fourth-order valence-electron chi connectivity index (χ4n) is 2.50. The largest absolute Gasteiger partial charge is 0.454 e. The molecule has 1 saturated heterocycles. The third kappa shape index (κ3) is 2.24. The number of piperazine rings is 1. The van der Waals surface area contributed by atoms with Gasteiger partial charge in [-0.05, 0) is 19.1 Å². The van der Waals surface area contributed by atoms with Crippen molar-refractivity contribution in [3.05, 3.63) is 18.2 Å². The monoisotopic (exact) mass is 312 g/mol. The molecule has 1 unspecified atom stereocenters. The van der Waals surface area contributed by atoms with Gasteiger partial charge in [0.15, 0.2) is 11.5 Å². The van der Waals surface area contributed by atoms with Gasteiger partial charge in [0.2, 0.25) is 22.7 Å². The predicted molar refractivity (Wildman–Crippen MR) is 73.6 cm³/mol. The number of rotatable bonds is 2. The summed E-state index contributed by atoms with van der Waals surface area (Å²) in [6, 6.07) is 3.77. The van der Waals surface area contributed by atoms with Crippen LogP contribution < -0.4 is 9.47 Å². The molecule has 7 nitrogen and oxygen atoms in total. The lowest BCUT2D eigenvalue weighted by molar-refractivity contribution is -0.136. The van der Waals surface area contributed by atoms with Crippen molar-refractivity contribution in [2.75, 3.05) is 26.9 Å². The van der Waals surface area contributed by atoms with E-state index in [1.165, 1.54) is 21.3 Å². The second kappa shape index (κ2) is 4.88. The Bertz CT molecular complexity index is 688. The maximum Gasteiger partial charge on any atom is 0.243 e. The molecule has 0 N–H and O–H groups in total. The fraction of sp³-hybridized carbons (Fsp3) is 0.462. The molecular weight excluding hydrogens is 296 g/mol. The van der Waals surface area contributed by atoms with Crippen LogP contribution in [0.2, 0.25) is 0 Å². The molecule has 0 aliphatic carbocycles. The highest BCUT2D eigenvalue weighted by Gasteiger charge is 2.38. The van der Waals surface area contributed by atoms with E-state index >= 15 is 0 Å². The number of hydrogen-bond acceptors (Lipinski definition) is 5. The number of carbonyl (C=O) groups is 1. The SMILES string of the molecule is CC1C(=O)N(C)CCN1S(=O)(=O)c1ccc2c(c1)OCO2. The van der Waals surface area contributed by atoms with Crippen LogP contribution in [0, 0.1) is 0 Å². The van der Waals surface area contributed by atoms with E-state index in [1.54, 1.807) is 20.0 Å². The lowest BCUT2D eigenvalue weighted by Gasteiger charge is -2.36. The van der Waals surface area contributed by atoms with Crippen LogP contribution >= 0.6 is 0 Å². The maximum absolute atomic E-state index is 12.7. The number of ether oxygens (including phenoxy) is 2. The number of likely N-dealkylation sites (N-methyl/N-ethyl adjacent to an activating group) is 1. The zero-order valence-electron chi connectivity index (χ0n) is 11.8. The number of carbonyl (C=O) groups excluding carboxylic acids is 1. The fourth-order valence-corrected chi connectivity index (χ4v) is 4.09. The van der Waals surface area contributed by atoms with Gasteiger partial charge in [0.1, 0.15) is 6.04 Å². The Kier molecular flexibility index (Phi) is 3.29. The molecule has 3 rings (SSSR count). The molecule has 114 valence electrons. The molecule has 1 fully saturated rings. The Morgan fingerprint density at radius 1 is 1.19 bits per heavy atom. The number of benzene rings is 1. The summed E-state index contributed by atoms with van der Waals surface area (Å²) in [7, 11) is -2.07. The predicted octanol–water partition coefficient (Wildman–Crippen LogP) is 0.267. The van der Waals surface area contributed by atoms with E-state index in [0.29, 0.717) is 18.0 Å². The Morgan fingerprint density at radius 3 is 2.67 bits per heavy atom. The Hall–Kier alpha value is -1.80. The summed E-state index contributed by atoms with van der Waals surface area (Å²) in [6.07, 6.45) is 0. The molecule has 1 atom stereocenters. The average Bonchev–Trinajstić information content (AvgIpc) is 2.92. The Morgan fingerprint density at radius 2 is 1.90 bits per heavy atom. The normalized spacial score (nSPS) is 22.7. The first kappa shape index (κ1) is 14.2. The quantitative estimate of drug-likeness (QED) is 0.783. The lowest BCUT2D eigenvalue weighted by Crippen LogP contribution is -2.56. The van der Waals surface area contributed by atoms with Crippen LogP contribution in [0.15, 0.2) is 23.1 Å². The molecule has 0 aromatic heterocycles. The summed E-state index contributed by atoms with van der Waals surface area (Å²) in [5.74, 6) is 0.728. The number of amides is 1. The second-order valence-electron chi connectivity index (χ2n) is 5.07. The molecule has 2 aliphatic heterocycles. The van der Waals surface area contributed by atoms with Crippen LogP contribution in [0.4, 0.5) is 0 Å². The van der Waals surface area contributed by atoms with E-state index in [-0.39, 0.29) is 24.1 Å². The smallest absolute Gasteiger partial charge is 0.243 e. The van der Waals surface area contributed by atoms with Crippen LogP contribution in [-0.2, 0) is 14.8 Å². The van der Waals surface area contributed by atoms with Gasteiger partial charge in [-0.15, -0.1) is 0 Å². The molecule has 2 heterocycles. The molecule has 2 aliphatic rings. The van der Waals surface area contributed by atoms with Crippen LogP contribution in [0.3, 0.4) is 0 Å². The second-order valence-corrected chi connectivity index (χ2v) is 6.96. The number of nitrogens with zero attached hydrogens (tertiary/aromatic N) is 2. The van der Waals surface area contributed by atoms with Gasteiger partial charge in [-0.2, -0.15) is 4.31 Å². The van der Waals surface area contributed by atoms with Crippen LogP contribution in [0.25, 0.3) is 0 Å². The summed E-state index contributed by atoms with van der Waals surface area (Å²) >= 11 is 0. The van der Waals surface area contributed by atoms with E-state index in [0.717, 1.165) is 0 Å². The van der Waals surface area contributed by atoms with Gasteiger partial charge in [-0.1, -0.05) is 0 Å². The standard InChI is InChI=1S/C13H16N2O5S/c1-9-13(16)14(2)5-6-15(9)21(17,18)10-3-4-11-12(7-10)20-8-19-11/h3-4,7,9H,5-6,8H2,1-2H3. The van der Waals surface area contributed by atoms with Crippen molar-refractivity contribution < 1.29 is 22.7 Å². The molecule has 1 aromatic carbocycles. The van der Waals surface area contributed by atoms with Crippen molar-refractivity contribution in [2.45, 2.75) is 17.9 Å². The summed E-state index contributed by atoms with van der Waals surface area (Å²) in [6.45, 7) is 2.35. The Balaban J connectivity index is 1.95. The van der Waals surface area contributed by atoms with E-state index in [4.69, 9.17) is 9.47 Å². The first-order valence-corrected chi connectivity index (χ1v) is 8.02. The molecule has 1 amide bonds. The first-order chi connectivity index (χ1) is 9.91. The van der Waals surface area contributed by atoms with Crippen molar-refractivity contribution in [3.63, 3.8) is 0 Å². The summed E-state index contributed by atoms with van der Waals surface area (Å²) in [4.78, 5) is 13.6. The topological polar surface area (TPSA) is 76.2 Å². The van der Waals surface area contributed by atoms with Gasteiger partial charge in [-0.25, -0.2) is 8.42 Å². The third-order valence-corrected chi connectivity index (χ3v) is 5.74. The van der Waals surface area contributed by atoms with Gasteiger partial charge >= 0.3 is 0 Å². The summed E-state index contributed by atoms with van der Waals surface area (Å²) < 4.78 is 37.0. The molecule has 0 bridgehead atoms. The molecule has 8 heteroatoms. The first-order valence-electron chi connectivity index (χ1n) is 6.58. The van der Waals surface area contributed by atoms with E-state index < -0.39 is 16.1 Å². The number of hydrogen-bond donors (Lipinski definition) is 0. The summed E-state index contributed by atoms with van der Waals surface area (Å²) in [5, 5.41) is 0. The molecule has 0 saturated carbocycles. The van der Waals surface area contributed by atoms with Gasteiger partial charge in [0.05, 0.1) is 4.90 Å². The average molecular weight is 312 g/mol. The highest BCUT2D eigenvalue weighted by molar-refractivity contribution is 7.89. The van der Waals surface area contributed by atoms with Crippen molar-refractivity contribution in [2.24, 2.45) is 0 Å². The minimum atomic E-state index is -3.74. The zero-order valence-corrected chi connectivity index (χ0v) is 12.6. The van der Waals surface area contributed by atoms with E-state index in [1.807, 2.05) is 0 Å². The minimum Gasteiger partial charge on any atom is -0.454 e. The molecule has 21 heavy (non-hydrogen) atoms. The van der Waals surface area contributed by atoms with Crippen LogP contribution in [-0.4, -0.2) is 56.5 Å². The highest BCUT2D eigenvalue weighted by Crippen LogP contribution is 2.35. The number of sulfonamides is 1. The van der Waals surface area contributed by atoms with Gasteiger partial charge in [-0.3, -0.25) is 4.79 Å². The van der Waals surface area contributed by atoms with Crippen LogP contribution in [0.5, 0.6) is 11.5 Å². The van der Waals surface area contributed by atoms with E-state index in [2.05, 4.69) is 0 Å². The molecule has 1 aromatic rings. The van der Waals surface area contributed by atoms with E-state index in [9.17, 15) is 13.2 Å². The zero-order chi connectivity index (χ0) is 15.2. The van der Waals surface area contributed by atoms with Gasteiger partial charge in [0.25, 0.3) is 0 Å². The van der Waals surface area contributed by atoms with Crippen molar-refractivity contribution >= 4 is 15.9 Å².